The van der Waals surface area contributed by atoms with Crippen molar-refractivity contribution in [3.63, 3.8) is 0 Å². The zero-order valence-electron chi connectivity index (χ0n) is 17.1. The molecule has 7 nitrogen and oxygen atoms in total. The summed E-state index contributed by atoms with van der Waals surface area (Å²) < 4.78 is 20.9. The molecule has 0 bridgehead atoms. The van der Waals surface area contributed by atoms with Gasteiger partial charge in [-0.2, -0.15) is 0 Å². The van der Waals surface area contributed by atoms with Gasteiger partial charge in [-0.3, -0.25) is 9.36 Å². The standard InChI is InChI=1S/C21H28FN5O2S/c22-17-7-5-16(6-8-17)9-10-23-19(28)15-30-21-25-24-20(26-11-1-2-12-26)27(21)14-18-4-3-13-29-18/h5-8,18H,1-4,9-15H2,(H,23,28)/t18-/m0/s1. The fraction of sp³-hybridized carbons (Fsp3) is 0.571. The summed E-state index contributed by atoms with van der Waals surface area (Å²) >= 11 is 1.41. The molecule has 0 aliphatic carbocycles. The molecular formula is C21H28FN5O2S. The lowest BCUT2D eigenvalue weighted by molar-refractivity contribution is -0.118. The summed E-state index contributed by atoms with van der Waals surface area (Å²) in [6.07, 6.45) is 5.34. The van der Waals surface area contributed by atoms with Crippen molar-refractivity contribution in [2.45, 2.75) is 49.9 Å². The fourth-order valence-corrected chi connectivity index (χ4v) is 4.64. The summed E-state index contributed by atoms with van der Waals surface area (Å²) in [6, 6.07) is 6.35. The molecule has 4 rings (SSSR count). The Morgan fingerprint density at radius 2 is 2.00 bits per heavy atom. The first-order valence-corrected chi connectivity index (χ1v) is 11.6. The average molecular weight is 434 g/mol. The van der Waals surface area contributed by atoms with Gasteiger partial charge in [-0.15, -0.1) is 10.2 Å². The predicted octanol–water partition coefficient (Wildman–Crippen LogP) is 2.65. The lowest BCUT2D eigenvalue weighted by atomic mass is 10.1. The summed E-state index contributed by atoms with van der Waals surface area (Å²) in [5.74, 6) is 0.880. The maximum Gasteiger partial charge on any atom is 0.230 e. The highest BCUT2D eigenvalue weighted by atomic mass is 32.2. The van der Waals surface area contributed by atoms with Gasteiger partial charge in [-0.25, -0.2) is 4.39 Å². The zero-order chi connectivity index (χ0) is 20.8. The number of halogens is 1. The zero-order valence-corrected chi connectivity index (χ0v) is 17.9. The molecule has 2 fully saturated rings. The lowest BCUT2D eigenvalue weighted by Gasteiger charge is -2.20. The molecule has 162 valence electrons. The molecule has 30 heavy (non-hydrogen) atoms. The smallest absolute Gasteiger partial charge is 0.230 e. The van der Waals surface area contributed by atoms with Gasteiger partial charge in [0.15, 0.2) is 5.16 Å². The minimum atomic E-state index is -0.250. The second-order valence-electron chi connectivity index (χ2n) is 7.74. The first-order valence-electron chi connectivity index (χ1n) is 10.6. The quantitative estimate of drug-likeness (QED) is 0.613. The van der Waals surface area contributed by atoms with E-state index in [0.29, 0.717) is 13.0 Å². The SMILES string of the molecule is O=C(CSc1nnc(N2CCCC2)n1C[C@@H]1CCCO1)NCCc1ccc(F)cc1. The number of aromatic nitrogens is 3. The number of rotatable bonds is 9. The number of amides is 1. The number of nitrogens with zero attached hydrogens (tertiary/aromatic N) is 4. The van der Waals surface area contributed by atoms with Crippen LogP contribution >= 0.6 is 11.8 Å². The van der Waals surface area contributed by atoms with Crippen LogP contribution in [0.15, 0.2) is 29.4 Å². The van der Waals surface area contributed by atoms with Crippen LogP contribution in [0.1, 0.15) is 31.2 Å². The highest BCUT2D eigenvalue weighted by Gasteiger charge is 2.25. The summed E-state index contributed by atoms with van der Waals surface area (Å²) in [6.45, 7) is 4.06. The largest absolute Gasteiger partial charge is 0.376 e. The third-order valence-electron chi connectivity index (χ3n) is 5.48. The number of hydrogen-bond acceptors (Lipinski definition) is 6. The Labute approximate surface area is 180 Å². The molecule has 0 spiro atoms. The fourth-order valence-electron chi connectivity index (χ4n) is 3.87. The van der Waals surface area contributed by atoms with Gasteiger partial charge in [-0.1, -0.05) is 23.9 Å². The van der Waals surface area contributed by atoms with Crippen LogP contribution in [0.3, 0.4) is 0 Å². The van der Waals surface area contributed by atoms with Crippen LogP contribution in [0.2, 0.25) is 0 Å². The second kappa shape index (κ2) is 10.3. The molecule has 2 aliphatic heterocycles. The summed E-state index contributed by atoms with van der Waals surface area (Å²) in [5.41, 5.74) is 0.996. The topological polar surface area (TPSA) is 72.3 Å². The number of benzene rings is 1. The number of carbonyl (C=O) groups is 1. The Hall–Kier alpha value is -2.13. The molecule has 1 amide bonds. The van der Waals surface area contributed by atoms with Crippen molar-refractivity contribution in [1.29, 1.82) is 0 Å². The summed E-state index contributed by atoms with van der Waals surface area (Å²) in [5, 5.41) is 12.5. The molecule has 3 heterocycles. The van der Waals surface area contributed by atoms with Crippen molar-refractivity contribution in [3.8, 4) is 0 Å². The highest BCUT2D eigenvalue weighted by molar-refractivity contribution is 7.99. The Kier molecular flexibility index (Phi) is 7.22. The van der Waals surface area contributed by atoms with Crippen LogP contribution < -0.4 is 10.2 Å². The highest BCUT2D eigenvalue weighted by Crippen LogP contribution is 2.27. The van der Waals surface area contributed by atoms with Crippen LogP contribution in [-0.2, 0) is 22.5 Å². The lowest BCUT2D eigenvalue weighted by Crippen LogP contribution is -2.28. The van der Waals surface area contributed by atoms with Crippen molar-refractivity contribution < 1.29 is 13.9 Å². The number of carbonyl (C=O) groups excluding carboxylic acids is 1. The second-order valence-corrected chi connectivity index (χ2v) is 8.68. The van der Waals surface area contributed by atoms with E-state index < -0.39 is 0 Å². The number of anilines is 1. The van der Waals surface area contributed by atoms with E-state index in [4.69, 9.17) is 4.74 Å². The van der Waals surface area contributed by atoms with Crippen molar-refractivity contribution >= 4 is 23.6 Å². The molecule has 1 aromatic carbocycles. The Balaban J connectivity index is 1.31. The number of ether oxygens (including phenoxy) is 1. The molecule has 0 saturated carbocycles. The van der Waals surface area contributed by atoms with E-state index in [1.807, 2.05) is 0 Å². The first-order chi connectivity index (χ1) is 14.7. The molecule has 0 radical (unpaired) electrons. The minimum absolute atomic E-state index is 0.0449. The molecule has 1 atom stereocenters. The van der Waals surface area contributed by atoms with E-state index in [1.165, 1.54) is 36.7 Å². The molecule has 2 saturated heterocycles. The van der Waals surface area contributed by atoms with E-state index in [1.54, 1.807) is 12.1 Å². The van der Waals surface area contributed by atoms with Gasteiger partial charge in [-0.05, 0) is 49.8 Å². The Morgan fingerprint density at radius 1 is 1.20 bits per heavy atom. The molecule has 9 heteroatoms. The van der Waals surface area contributed by atoms with Gasteiger partial charge in [0.25, 0.3) is 0 Å². The molecular weight excluding hydrogens is 405 g/mol. The van der Waals surface area contributed by atoms with E-state index in [-0.39, 0.29) is 23.6 Å². The maximum atomic E-state index is 13.0. The molecule has 1 aromatic heterocycles. The summed E-state index contributed by atoms with van der Waals surface area (Å²) in [4.78, 5) is 14.6. The van der Waals surface area contributed by atoms with Gasteiger partial charge in [0.1, 0.15) is 5.82 Å². The Morgan fingerprint density at radius 3 is 2.73 bits per heavy atom. The number of hydrogen-bond donors (Lipinski definition) is 1. The molecule has 2 aliphatic rings. The molecule has 2 aromatic rings. The summed E-state index contributed by atoms with van der Waals surface area (Å²) in [7, 11) is 0. The number of nitrogens with one attached hydrogen (secondary N) is 1. The van der Waals surface area contributed by atoms with Gasteiger partial charge in [0, 0.05) is 26.2 Å². The van der Waals surface area contributed by atoms with Gasteiger partial charge >= 0.3 is 0 Å². The van der Waals surface area contributed by atoms with Crippen LogP contribution in [0.25, 0.3) is 0 Å². The molecule has 0 unspecified atom stereocenters. The number of thioether (sulfide) groups is 1. The van der Waals surface area contributed by atoms with Crippen molar-refractivity contribution in [2.24, 2.45) is 0 Å². The first kappa shape index (κ1) is 21.1. The van der Waals surface area contributed by atoms with Gasteiger partial charge in [0.2, 0.25) is 11.9 Å². The van der Waals surface area contributed by atoms with E-state index in [9.17, 15) is 9.18 Å². The monoisotopic (exact) mass is 433 g/mol. The molecule has 1 N–H and O–H groups in total. The minimum Gasteiger partial charge on any atom is -0.376 e. The van der Waals surface area contributed by atoms with Crippen LogP contribution in [0.4, 0.5) is 10.3 Å². The average Bonchev–Trinajstić information content (AvgIpc) is 3.51. The third-order valence-corrected chi connectivity index (χ3v) is 6.44. The van der Waals surface area contributed by atoms with Crippen molar-refractivity contribution in [3.05, 3.63) is 35.6 Å². The Bertz CT molecular complexity index is 832. The van der Waals surface area contributed by atoms with Crippen LogP contribution in [0.5, 0.6) is 0 Å². The van der Waals surface area contributed by atoms with E-state index in [0.717, 1.165) is 55.8 Å². The van der Waals surface area contributed by atoms with E-state index in [2.05, 4.69) is 25.0 Å². The van der Waals surface area contributed by atoms with Crippen LogP contribution in [-0.4, -0.2) is 58.8 Å². The van der Waals surface area contributed by atoms with Gasteiger partial charge in [0.05, 0.1) is 18.4 Å². The van der Waals surface area contributed by atoms with E-state index >= 15 is 0 Å². The van der Waals surface area contributed by atoms with Crippen LogP contribution in [0, 0.1) is 5.82 Å². The maximum absolute atomic E-state index is 13.0. The van der Waals surface area contributed by atoms with Gasteiger partial charge < -0.3 is 15.0 Å². The predicted molar refractivity (Wildman–Crippen MR) is 114 cm³/mol. The van der Waals surface area contributed by atoms with Crippen molar-refractivity contribution in [2.75, 3.05) is 36.9 Å². The van der Waals surface area contributed by atoms with Crippen molar-refractivity contribution in [1.82, 2.24) is 20.1 Å². The normalized spacial score (nSPS) is 18.8. The third kappa shape index (κ3) is 5.51.